The summed E-state index contributed by atoms with van der Waals surface area (Å²) in [7, 11) is -7.96. The monoisotopic (exact) mass is 422 g/mol. The molecule has 0 bridgehead atoms. The predicted molar refractivity (Wildman–Crippen MR) is 99.4 cm³/mol. The molecule has 0 amide bonds. The van der Waals surface area contributed by atoms with E-state index in [2.05, 4.69) is 27.9 Å². The first-order valence-corrected chi connectivity index (χ1v) is 10.6. The molecule has 0 saturated heterocycles. The fourth-order valence-corrected chi connectivity index (χ4v) is 3.46. The lowest BCUT2D eigenvalue weighted by molar-refractivity contribution is 0.362. The van der Waals surface area contributed by atoms with Crippen molar-refractivity contribution in [3.63, 3.8) is 0 Å². The molecule has 0 aliphatic carbocycles. The van der Waals surface area contributed by atoms with Gasteiger partial charge in [0.1, 0.15) is 19.0 Å². The molecule has 2 aromatic rings. The van der Waals surface area contributed by atoms with Crippen LogP contribution >= 0.6 is 0 Å². The van der Waals surface area contributed by atoms with Crippen LogP contribution in [0.5, 0.6) is 0 Å². The molecule has 0 saturated carbocycles. The second-order valence-electron chi connectivity index (χ2n) is 5.30. The molecule has 0 aromatic heterocycles. The van der Waals surface area contributed by atoms with Gasteiger partial charge in [-0.25, -0.2) is 4.39 Å². The summed E-state index contributed by atoms with van der Waals surface area (Å²) < 4.78 is 69.7. The van der Waals surface area contributed by atoms with Gasteiger partial charge >= 0.3 is 0 Å². The normalized spacial score (nSPS) is 11.1. The Balaban J connectivity index is 1.83. The molecule has 146 valence electrons. The Morgan fingerprint density at radius 1 is 0.750 bits per heavy atom. The maximum atomic E-state index is 12.8. The zero-order valence-corrected chi connectivity index (χ0v) is 16.3. The molecule has 0 radical (unpaired) electrons. The predicted octanol–water partition coefficient (Wildman–Crippen LogP) is 2.25. The van der Waals surface area contributed by atoms with E-state index in [1.807, 2.05) is 6.92 Å². The summed E-state index contributed by atoms with van der Waals surface area (Å²) in [5, 5.41) is 0. The first-order chi connectivity index (χ1) is 13.2. The number of halogens is 1. The molecule has 2 aromatic carbocycles. The first kappa shape index (κ1) is 21.6. The molecule has 28 heavy (non-hydrogen) atoms. The number of rotatable bonds is 6. The van der Waals surface area contributed by atoms with Crippen LogP contribution in [0.15, 0.2) is 58.3 Å². The third-order valence-electron chi connectivity index (χ3n) is 3.22. The fourth-order valence-electron chi connectivity index (χ4n) is 1.82. The summed E-state index contributed by atoms with van der Waals surface area (Å²) in [6.45, 7) is 0.965. The van der Waals surface area contributed by atoms with Gasteiger partial charge in [0.25, 0.3) is 20.2 Å². The van der Waals surface area contributed by atoms with Gasteiger partial charge in [-0.2, -0.15) is 16.8 Å². The van der Waals surface area contributed by atoms with Crippen molar-refractivity contribution in [2.75, 3.05) is 13.2 Å². The molecule has 0 atom stereocenters. The van der Waals surface area contributed by atoms with Crippen molar-refractivity contribution >= 4 is 20.2 Å². The molecule has 2 rings (SSSR count). The van der Waals surface area contributed by atoms with Gasteiger partial charge in [-0.3, -0.25) is 8.37 Å². The largest absolute Gasteiger partial charge is 0.297 e. The van der Waals surface area contributed by atoms with E-state index < -0.39 is 39.3 Å². The Bertz CT molecular complexity index is 1050. The van der Waals surface area contributed by atoms with Crippen LogP contribution in [0.4, 0.5) is 4.39 Å². The highest BCUT2D eigenvalue weighted by atomic mass is 32.2. The van der Waals surface area contributed by atoms with Gasteiger partial charge in [-0.05, 0) is 55.2 Å². The summed E-state index contributed by atoms with van der Waals surface area (Å²) in [6, 6.07) is 10.3. The second-order valence-corrected chi connectivity index (χ2v) is 8.53. The SMILES string of the molecule is Cc1ccc(S(=O)(=O)OCC#CC#CCOS(=O)(=O)c2ccc(F)cc2)cc1. The topological polar surface area (TPSA) is 86.7 Å². The van der Waals surface area contributed by atoms with E-state index in [-0.39, 0.29) is 9.79 Å². The van der Waals surface area contributed by atoms with Crippen molar-refractivity contribution in [3.05, 3.63) is 59.9 Å². The van der Waals surface area contributed by atoms with Gasteiger partial charge < -0.3 is 0 Å². The maximum Gasteiger partial charge on any atom is 0.297 e. The van der Waals surface area contributed by atoms with Crippen molar-refractivity contribution in [1.82, 2.24) is 0 Å². The Hall–Kier alpha value is -2.69. The quantitative estimate of drug-likeness (QED) is 0.524. The summed E-state index contributed by atoms with van der Waals surface area (Å²) in [5.41, 5.74) is 0.915. The molecular formula is C19H15FO6S2. The molecule has 0 heterocycles. The molecule has 9 heteroatoms. The average molecular weight is 422 g/mol. The third kappa shape index (κ3) is 6.48. The highest BCUT2D eigenvalue weighted by Crippen LogP contribution is 2.13. The van der Waals surface area contributed by atoms with E-state index in [4.69, 9.17) is 4.18 Å². The van der Waals surface area contributed by atoms with E-state index in [0.29, 0.717) is 0 Å². The molecular weight excluding hydrogens is 407 g/mol. The van der Waals surface area contributed by atoms with Crippen molar-refractivity contribution in [3.8, 4) is 23.7 Å². The Labute approximate surface area is 163 Å². The van der Waals surface area contributed by atoms with Gasteiger partial charge in [0.2, 0.25) is 0 Å². The van der Waals surface area contributed by atoms with Gasteiger partial charge in [-0.15, -0.1) is 0 Å². The van der Waals surface area contributed by atoms with Gasteiger partial charge in [-0.1, -0.05) is 29.5 Å². The minimum Gasteiger partial charge on any atom is -0.253 e. The van der Waals surface area contributed by atoms with E-state index in [1.165, 1.54) is 12.1 Å². The van der Waals surface area contributed by atoms with Crippen molar-refractivity contribution in [2.45, 2.75) is 16.7 Å². The summed E-state index contributed by atoms with van der Waals surface area (Å²) in [5.74, 6) is 8.82. The van der Waals surface area contributed by atoms with Gasteiger partial charge in [0.15, 0.2) is 0 Å². The highest BCUT2D eigenvalue weighted by Gasteiger charge is 2.14. The summed E-state index contributed by atoms with van der Waals surface area (Å²) in [6.07, 6.45) is 0. The Morgan fingerprint density at radius 3 is 1.57 bits per heavy atom. The standard InChI is InChI=1S/C19H15FO6S2/c1-16-6-10-18(11-7-16)27(21,22)25-14-4-2-3-5-15-26-28(23,24)19-12-8-17(20)9-13-19/h6-13H,14-15H2,1H3. The first-order valence-electron chi connectivity index (χ1n) is 7.77. The molecule has 0 aliphatic rings. The molecule has 6 nitrogen and oxygen atoms in total. The smallest absolute Gasteiger partial charge is 0.253 e. The van der Waals surface area contributed by atoms with E-state index in [9.17, 15) is 21.2 Å². The molecule has 0 unspecified atom stereocenters. The minimum absolute atomic E-state index is 0.0189. The van der Waals surface area contributed by atoms with Crippen LogP contribution in [0.25, 0.3) is 0 Å². The van der Waals surface area contributed by atoms with Crippen LogP contribution in [-0.2, 0) is 28.6 Å². The average Bonchev–Trinajstić information content (AvgIpc) is 2.64. The van der Waals surface area contributed by atoms with Gasteiger partial charge in [0.05, 0.1) is 9.79 Å². The molecule has 0 aliphatic heterocycles. The number of hydrogen-bond donors (Lipinski definition) is 0. The lowest BCUT2D eigenvalue weighted by Gasteiger charge is -2.02. The van der Waals surface area contributed by atoms with Crippen molar-refractivity contribution in [1.29, 1.82) is 0 Å². The molecule has 0 spiro atoms. The van der Waals surface area contributed by atoms with Crippen LogP contribution in [0.2, 0.25) is 0 Å². The zero-order valence-electron chi connectivity index (χ0n) is 14.7. The summed E-state index contributed by atoms with van der Waals surface area (Å²) in [4.78, 5) is -0.179. The van der Waals surface area contributed by atoms with Crippen molar-refractivity contribution in [2.24, 2.45) is 0 Å². The van der Waals surface area contributed by atoms with Crippen LogP contribution in [-0.4, -0.2) is 30.0 Å². The second kappa shape index (κ2) is 9.49. The van der Waals surface area contributed by atoms with Crippen LogP contribution < -0.4 is 0 Å². The van der Waals surface area contributed by atoms with Crippen LogP contribution in [0.3, 0.4) is 0 Å². The highest BCUT2D eigenvalue weighted by molar-refractivity contribution is 7.87. The zero-order chi connectivity index (χ0) is 20.6. The van der Waals surface area contributed by atoms with E-state index in [0.717, 1.165) is 29.8 Å². The van der Waals surface area contributed by atoms with Crippen molar-refractivity contribution < 1.29 is 29.6 Å². The van der Waals surface area contributed by atoms with E-state index in [1.54, 1.807) is 12.1 Å². The lowest BCUT2D eigenvalue weighted by Crippen LogP contribution is -2.06. The van der Waals surface area contributed by atoms with E-state index >= 15 is 0 Å². The number of aryl methyl sites for hydroxylation is 1. The summed E-state index contributed by atoms with van der Waals surface area (Å²) >= 11 is 0. The third-order valence-corrected chi connectivity index (χ3v) is 5.78. The Kier molecular flexibility index (Phi) is 7.32. The molecule has 0 fully saturated rings. The minimum atomic E-state index is -4.05. The number of hydrogen-bond acceptors (Lipinski definition) is 6. The van der Waals surface area contributed by atoms with Crippen LogP contribution in [0.1, 0.15) is 5.56 Å². The maximum absolute atomic E-state index is 12.8. The number of benzene rings is 2. The Morgan fingerprint density at radius 2 is 1.14 bits per heavy atom. The van der Waals surface area contributed by atoms with Crippen LogP contribution in [0, 0.1) is 36.4 Å². The van der Waals surface area contributed by atoms with Gasteiger partial charge in [0, 0.05) is 0 Å². The fraction of sp³-hybridized carbons (Fsp3) is 0.158. The molecule has 0 N–H and O–H groups in total. The lowest BCUT2D eigenvalue weighted by atomic mass is 10.2.